The molecule has 0 saturated carbocycles. The molecule has 0 heterocycles. The van der Waals surface area contributed by atoms with Crippen LogP contribution in [0.25, 0.3) is 0 Å². The van der Waals surface area contributed by atoms with Gasteiger partial charge >= 0.3 is 0 Å². The van der Waals surface area contributed by atoms with Gasteiger partial charge in [0.05, 0.1) is 5.56 Å². The predicted octanol–water partition coefficient (Wildman–Crippen LogP) is 3.64. The maximum atomic E-state index is 12.7. The lowest BCUT2D eigenvalue weighted by atomic mass is 9.98. The fourth-order valence-corrected chi connectivity index (χ4v) is 2.72. The van der Waals surface area contributed by atoms with Crippen LogP contribution in [0.15, 0.2) is 48.5 Å². The Kier molecular flexibility index (Phi) is 7.16. The van der Waals surface area contributed by atoms with Gasteiger partial charge in [-0.1, -0.05) is 43.6 Å². The Labute approximate surface area is 153 Å². The number of likely N-dealkylation sites (N-methyl/N-ethyl adjacent to an activating group) is 1. The fraction of sp³-hybridized carbons (Fsp3) is 0.300. The highest BCUT2D eigenvalue weighted by Gasteiger charge is 2.17. The predicted molar refractivity (Wildman–Crippen MR) is 101 cm³/mol. The molecule has 1 amide bonds. The van der Waals surface area contributed by atoms with E-state index in [1.54, 1.807) is 48.5 Å². The Hall–Kier alpha value is -2.17. The summed E-state index contributed by atoms with van der Waals surface area (Å²) in [7, 11) is 0. The molecule has 0 unspecified atom stereocenters. The molecule has 0 aliphatic carbocycles. The molecule has 2 aromatic carbocycles. The van der Waals surface area contributed by atoms with E-state index in [2.05, 4.69) is 24.1 Å². The first-order valence-corrected chi connectivity index (χ1v) is 8.84. The average Bonchev–Trinajstić information content (AvgIpc) is 2.65. The minimum atomic E-state index is -0.231. The highest BCUT2D eigenvalue weighted by molar-refractivity contribution is 6.30. The molecule has 0 atom stereocenters. The zero-order chi connectivity index (χ0) is 18.2. The third-order valence-corrected chi connectivity index (χ3v) is 4.38. The summed E-state index contributed by atoms with van der Waals surface area (Å²) in [5.41, 5.74) is 1.29. The highest BCUT2D eigenvalue weighted by Crippen LogP contribution is 2.17. The van der Waals surface area contributed by atoms with Gasteiger partial charge in [0.2, 0.25) is 0 Å². The number of carbonyl (C=O) groups is 2. The molecule has 2 aromatic rings. The lowest BCUT2D eigenvalue weighted by Crippen LogP contribution is -2.35. The lowest BCUT2D eigenvalue weighted by Gasteiger charge is -2.18. The summed E-state index contributed by atoms with van der Waals surface area (Å²) in [5, 5.41) is 3.47. The van der Waals surface area contributed by atoms with Gasteiger partial charge in [-0.05, 0) is 43.4 Å². The molecule has 0 fully saturated rings. The first kappa shape index (κ1) is 19.2. The van der Waals surface area contributed by atoms with E-state index < -0.39 is 0 Å². The zero-order valence-electron chi connectivity index (χ0n) is 14.6. The molecule has 0 aromatic heterocycles. The van der Waals surface area contributed by atoms with E-state index in [1.165, 1.54) is 0 Å². The van der Waals surface area contributed by atoms with E-state index in [0.717, 1.165) is 19.6 Å². The van der Waals surface area contributed by atoms with Crippen molar-refractivity contribution in [2.45, 2.75) is 13.8 Å². The van der Waals surface area contributed by atoms with Gasteiger partial charge in [0.1, 0.15) is 0 Å². The SMILES string of the molecule is CCN(CC)CCNC(=O)c1ccccc1C(=O)c1ccc(Cl)cc1. The topological polar surface area (TPSA) is 49.4 Å². The quantitative estimate of drug-likeness (QED) is 0.733. The zero-order valence-corrected chi connectivity index (χ0v) is 15.3. The fourth-order valence-electron chi connectivity index (χ4n) is 2.60. The number of nitrogens with zero attached hydrogens (tertiary/aromatic N) is 1. The lowest BCUT2D eigenvalue weighted by molar-refractivity contribution is 0.0938. The van der Waals surface area contributed by atoms with E-state index >= 15 is 0 Å². The van der Waals surface area contributed by atoms with E-state index in [-0.39, 0.29) is 11.7 Å². The molecule has 5 heteroatoms. The summed E-state index contributed by atoms with van der Waals surface area (Å²) in [6.07, 6.45) is 0. The summed E-state index contributed by atoms with van der Waals surface area (Å²) in [6, 6.07) is 13.5. The van der Waals surface area contributed by atoms with E-state index in [1.807, 2.05) is 0 Å². The number of hydrogen-bond donors (Lipinski definition) is 1. The van der Waals surface area contributed by atoms with Crippen LogP contribution in [0, 0.1) is 0 Å². The number of nitrogens with one attached hydrogen (secondary N) is 1. The number of carbonyl (C=O) groups excluding carboxylic acids is 2. The van der Waals surface area contributed by atoms with Crippen molar-refractivity contribution in [1.82, 2.24) is 10.2 Å². The Morgan fingerprint density at radius 2 is 1.56 bits per heavy atom. The summed E-state index contributed by atoms with van der Waals surface area (Å²) >= 11 is 5.87. The largest absolute Gasteiger partial charge is 0.351 e. The highest BCUT2D eigenvalue weighted by atomic mass is 35.5. The normalized spacial score (nSPS) is 10.7. The van der Waals surface area contributed by atoms with Crippen LogP contribution in [0.2, 0.25) is 5.02 Å². The van der Waals surface area contributed by atoms with Crippen LogP contribution in [-0.2, 0) is 0 Å². The van der Waals surface area contributed by atoms with Gasteiger partial charge < -0.3 is 10.2 Å². The van der Waals surface area contributed by atoms with Crippen LogP contribution >= 0.6 is 11.6 Å². The monoisotopic (exact) mass is 358 g/mol. The molecular formula is C20H23ClN2O2. The van der Waals surface area contributed by atoms with Crippen LogP contribution in [0.5, 0.6) is 0 Å². The molecule has 25 heavy (non-hydrogen) atoms. The van der Waals surface area contributed by atoms with Crippen molar-refractivity contribution in [2.75, 3.05) is 26.2 Å². The standard InChI is InChI=1S/C20H23ClN2O2/c1-3-23(4-2)14-13-22-20(25)18-8-6-5-7-17(18)19(24)15-9-11-16(21)12-10-15/h5-12H,3-4,13-14H2,1-2H3,(H,22,25). The van der Waals surface area contributed by atoms with Crippen LogP contribution in [0.4, 0.5) is 0 Å². The molecule has 2 rings (SSSR count). The van der Waals surface area contributed by atoms with Crippen molar-refractivity contribution < 1.29 is 9.59 Å². The van der Waals surface area contributed by atoms with Crippen molar-refractivity contribution in [1.29, 1.82) is 0 Å². The maximum Gasteiger partial charge on any atom is 0.252 e. The number of hydrogen-bond acceptors (Lipinski definition) is 3. The Bertz CT molecular complexity index is 725. The number of ketones is 1. The number of halogens is 1. The Morgan fingerprint density at radius 3 is 2.16 bits per heavy atom. The van der Waals surface area contributed by atoms with Crippen molar-refractivity contribution in [3.8, 4) is 0 Å². The molecule has 132 valence electrons. The van der Waals surface area contributed by atoms with Crippen molar-refractivity contribution in [2.24, 2.45) is 0 Å². The summed E-state index contributed by atoms with van der Waals surface area (Å²) < 4.78 is 0. The number of amides is 1. The van der Waals surface area contributed by atoms with Gasteiger partial charge in [-0.25, -0.2) is 0 Å². The molecule has 0 bridgehead atoms. The van der Waals surface area contributed by atoms with Crippen molar-refractivity contribution in [3.63, 3.8) is 0 Å². The smallest absolute Gasteiger partial charge is 0.252 e. The van der Waals surface area contributed by atoms with Crippen molar-refractivity contribution in [3.05, 3.63) is 70.2 Å². The number of benzene rings is 2. The van der Waals surface area contributed by atoms with E-state index in [4.69, 9.17) is 11.6 Å². The summed E-state index contributed by atoms with van der Waals surface area (Å²) in [4.78, 5) is 27.5. The van der Waals surface area contributed by atoms with Crippen LogP contribution < -0.4 is 5.32 Å². The van der Waals surface area contributed by atoms with Gasteiger partial charge in [-0.3, -0.25) is 9.59 Å². The molecule has 0 spiro atoms. The summed E-state index contributed by atoms with van der Waals surface area (Å²) in [5.74, 6) is -0.420. The first-order chi connectivity index (χ1) is 12.1. The maximum absolute atomic E-state index is 12.7. The molecule has 0 aliphatic heterocycles. The summed E-state index contributed by atoms with van der Waals surface area (Å²) in [6.45, 7) is 7.39. The van der Waals surface area contributed by atoms with Gasteiger partial charge in [-0.15, -0.1) is 0 Å². The van der Waals surface area contributed by atoms with Crippen molar-refractivity contribution >= 4 is 23.3 Å². The molecule has 0 saturated heterocycles. The molecule has 4 nitrogen and oxygen atoms in total. The molecular weight excluding hydrogens is 336 g/mol. The van der Waals surface area contributed by atoms with Gasteiger partial charge in [0.25, 0.3) is 5.91 Å². The Morgan fingerprint density at radius 1 is 0.960 bits per heavy atom. The second-order valence-corrected chi connectivity index (χ2v) is 6.10. The van der Waals surface area contributed by atoms with E-state index in [9.17, 15) is 9.59 Å². The molecule has 1 N–H and O–H groups in total. The van der Waals surface area contributed by atoms with Crippen LogP contribution in [-0.4, -0.2) is 42.8 Å². The Balaban J connectivity index is 2.13. The second kappa shape index (κ2) is 9.35. The molecule has 0 radical (unpaired) electrons. The van der Waals surface area contributed by atoms with Crippen LogP contribution in [0.3, 0.4) is 0 Å². The van der Waals surface area contributed by atoms with Gasteiger partial charge in [-0.2, -0.15) is 0 Å². The minimum absolute atomic E-state index is 0.189. The molecule has 0 aliphatic rings. The second-order valence-electron chi connectivity index (χ2n) is 5.66. The van der Waals surface area contributed by atoms with Gasteiger partial charge in [0.15, 0.2) is 5.78 Å². The van der Waals surface area contributed by atoms with Crippen LogP contribution in [0.1, 0.15) is 40.1 Å². The average molecular weight is 359 g/mol. The van der Waals surface area contributed by atoms with E-state index in [0.29, 0.717) is 28.3 Å². The third-order valence-electron chi connectivity index (χ3n) is 4.13. The third kappa shape index (κ3) is 5.15. The van der Waals surface area contributed by atoms with Gasteiger partial charge in [0, 0.05) is 29.2 Å². The number of rotatable bonds is 8. The minimum Gasteiger partial charge on any atom is -0.351 e. The first-order valence-electron chi connectivity index (χ1n) is 8.46.